The summed E-state index contributed by atoms with van der Waals surface area (Å²) in [7, 11) is 1.72. The van der Waals surface area contributed by atoms with E-state index in [4.69, 9.17) is 4.74 Å². The normalized spacial score (nSPS) is 10.6. The van der Waals surface area contributed by atoms with Gasteiger partial charge in [-0.25, -0.2) is 9.37 Å². The van der Waals surface area contributed by atoms with Gasteiger partial charge in [0.05, 0.1) is 23.3 Å². The van der Waals surface area contributed by atoms with Gasteiger partial charge in [-0.05, 0) is 24.3 Å². The predicted octanol–water partition coefficient (Wildman–Crippen LogP) is 4.73. The first kappa shape index (κ1) is 19.4. The van der Waals surface area contributed by atoms with Crippen molar-refractivity contribution in [1.82, 2.24) is 9.88 Å². The third kappa shape index (κ3) is 5.30. The van der Waals surface area contributed by atoms with Gasteiger partial charge in [0.1, 0.15) is 6.61 Å². The third-order valence-corrected chi connectivity index (χ3v) is 5.59. The minimum Gasteiger partial charge on any atom is -0.489 e. The first-order valence-corrected chi connectivity index (χ1v) is 10.3. The van der Waals surface area contributed by atoms with Crippen LogP contribution in [0.5, 0.6) is 5.75 Å². The van der Waals surface area contributed by atoms with Crippen LogP contribution in [0.25, 0.3) is 0 Å². The molecule has 0 atom stereocenters. The van der Waals surface area contributed by atoms with Crippen LogP contribution < -0.4 is 4.74 Å². The van der Waals surface area contributed by atoms with Gasteiger partial charge in [0.15, 0.2) is 11.6 Å². The van der Waals surface area contributed by atoms with E-state index in [1.807, 2.05) is 29.6 Å². The summed E-state index contributed by atoms with van der Waals surface area (Å²) in [6, 6.07) is 13.8. The van der Waals surface area contributed by atoms with E-state index in [0.29, 0.717) is 17.9 Å². The first-order chi connectivity index (χ1) is 13.1. The van der Waals surface area contributed by atoms with Crippen LogP contribution in [0, 0.1) is 5.82 Å². The van der Waals surface area contributed by atoms with E-state index >= 15 is 0 Å². The van der Waals surface area contributed by atoms with Crippen molar-refractivity contribution in [2.45, 2.75) is 10.6 Å². The van der Waals surface area contributed by atoms with Gasteiger partial charge in [0, 0.05) is 23.1 Å². The molecule has 1 aromatic heterocycles. The Morgan fingerprint density at radius 3 is 2.78 bits per heavy atom. The standard InChI is InChI=1S/C20H19FN2O2S2/c1-23(10-11-25-18-8-4-3-7-17(18)21)20(24)16-6-2-5-9-19(16)27-13-15-12-26-14-22-15/h2-9,12,14H,10-11,13H2,1H3. The Kier molecular flexibility index (Phi) is 6.84. The number of para-hydroxylation sites is 1. The second-order valence-corrected chi connectivity index (χ2v) is 7.51. The van der Waals surface area contributed by atoms with Gasteiger partial charge in [-0.3, -0.25) is 4.79 Å². The fourth-order valence-electron chi connectivity index (χ4n) is 2.39. The van der Waals surface area contributed by atoms with Gasteiger partial charge >= 0.3 is 0 Å². The van der Waals surface area contributed by atoms with Crippen LogP contribution in [-0.2, 0) is 5.75 Å². The molecule has 0 aliphatic rings. The van der Waals surface area contributed by atoms with Crippen molar-refractivity contribution in [3.8, 4) is 5.75 Å². The number of hydrogen-bond acceptors (Lipinski definition) is 5. The summed E-state index contributed by atoms with van der Waals surface area (Å²) in [6.45, 7) is 0.579. The number of aromatic nitrogens is 1. The lowest BCUT2D eigenvalue weighted by atomic mass is 10.2. The highest BCUT2D eigenvalue weighted by molar-refractivity contribution is 7.98. The van der Waals surface area contributed by atoms with Gasteiger partial charge in [-0.1, -0.05) is 24.3 Å². The van der Waals surface area contributed by atoms with E-state index in [1.165, 1.54) is 6.07 Å². The number of amides is 1. The van der Waals surface area contributed by atoms with Crippen LogP contribution in [0.2, 0.25) is 0 Å². The Morgan fingerprint density at radius 1 is 1.22 bits per heavy atom. The number of halogens is 1. The highest BCUT2D eigenvalue weighted by Gasteiger charge is 2.16. The minimum absolute atomic E-state index is 0.0893. The van der Waals surface area contributed by atoms with Crippen LogP contribution in [-0.4, -0.2) is 36.0 Å². The lowest BCUT2D eigenvalue weighted by molar-refractivity contribution is 0.0769. The number of ether oxygens (including phenoxy) is 1. The molecule has 0 radical (unpaired) electrons. The van der Waals surface area contributed by atoms with E-state index < -0.39 is 5.82 Å². The summed E-state index contributed by atoms with van der Waals surface area (Å²) in [5.74, 6) is 0.412. The average molecular weight is 403 g/mol. The predicted molar refractivity (Wildman–Crippen MR) is 107 cm³/mol. The molecule has 140 valence electrons. The van der Waals surface area contributed by atoms with Crippen molar-refractivity contribution >= 4 is 29.0 Å². The molecule has 2 aromatic carbocycles. The molecule has 0 saturated carbocycles. The summed E-state index contributed by atoms with van der Waals surface area (Å²) in [6.07, 6.45) is 0. The van der Waals surface area contributed by atoms with E-state index in [-0.39, 0.29) is 18.3 Å². The van der Waals surface area contributed by atoms with Crippen LogP contribution in [0.4, 0.5) is 4.39 Å². The van der Waals surface area contributed by atoms with Gasteiger partial charge in [0.2, 0.25) is 0 Å². The second-order valence-electron chi connectivity index (χ2n) is 5.77. The number of nitrogens with zero attached hydrogens (tertiary/aromatic N) is 2. The van der Waals surface area contributed by atoms with Crippen molar-refractivity contribution in [1.29, 1.82) is 0 Å². The number of carbonyl (C=O) groups is 1. The molecular formula is C20H19FN2O2S2. The maximum Gasteiger partial charge on any atom is 0.254 e. The summed E-state index contributed by atoms with van der Waals surface area (Å²) >= 11 is 3.15. The first-order valence-electron chi connectivity index (χ1n) is 8.37. The van der Waals surface area contributed by atoms with Gasteiger partial charge < -0.3 is 9.64 Å². The van der Waals surface area contributed by atoms with Gasteiger partial charge in [0.25, 0.3) is 5.91 Å². The molecular weight excluding hydrogens is 383 g/mol. The van der Waals surface area contributed by atoms with E-state index in [1.54, 1.807) is 58.8 Å². The Morgan fingerprint density at radius 2 is 2.00 bits per heavy atom. The Bertz CT molecular complexity index is 887. The van der Waals surface area contributed by atoms with Crippen LogP contribution in [0.15, 0.2) is 64.3 Å². The zero-order valence-electron chi connectivity index (χ0n) is 14.8. The Hall–Kier alpha value is -2.38. The molecule has 0 bridgehead atoms. The Balaban J connectivity index is 1.58. The summed E-state index contributed by atoms with van der Waals surface area (Å²) < 4.78 is 19.0. The van der Waals surface area contributed by atoms with Crippen molar-refractivity contribution < 1.29 is 13.9 Å². The minimum atomic E-state index is -0.407. The third-order valence-electron chi connectivity index (χ3n) is 3.84. The number of thiazole rings is 1. The SMILES string of the molecule is CN(CCOc1ccccc1F)C(=O)c1ccccc1SCc1cscn1. The van der Waals surface area contributed by atoms with Crippen molar-refractivity contribution in [3.05, 3.63) is 76.5 Å². The lowest BCUT2D eigenvalue weighted by Gasteiger charge is -2.19. The molecule has 0 unspecified atom stereocenters. The number of likely N-dealkylation sites (N-methyl/N-ethyl adjacent to an activating group) is 1. The molecule has 0 aliphatic carbocycles. The number of benzene rings is 2. The molecule has 0 spiro atoms. The molecule has 1 amide bonds. The highest BCUT2D eigenvalue weighted by Crippen LogP contribution is 2.27. The van der Waals surface area contributed by atoms with E-state index in [2.05, 4.69) is 4.98 Å². The van der Waals surface area contributed by atoms with Crippen LogP contribution in [0.1, 0.15) is 16.1 Å². The van der Waals surface area contributed by atoms with E-state index in [0.717, 1.165) is 10.6 Å². The number of carbonyl (C=O) groups excluding carboxylic acids is 1. The zero-order valence-corrected chi connectivity index (χ0v) is 16.4. The molecule has 0 N–H and O–H groups in total. The molecule has 0 fully saturated rings. The quantitative estimate of drug-likeness (QED) is 0.511. The molecule has 1 heterocycles. The maximum absolute atomic E-state index is 13.6. The summed E-state index contributed by atoms with van der Waals surface area (Å²) in [5, 5.41) is 2.00. The zero-order chi connectivity index (χ0) is 19.1. The molecule has 7 heteroatoms. The molecule has 0 saturated heterocycles. The van der Waals surface area contributed by atoms with Crippen LogP contribution >= 0.6 is 23.1 Å². The molecule has 0 aliphatic heterocycles. The molecule has 4 nitrogen and oxygen atoms in total. The lowest BCUT2D eigenvalue weighted by Crippen LogP contribution is -2.31. The second kappa shape index (κ2) is 9.53. The van der Waals surface area contributed by atoms with Gasteiger partial charge in [-0.2, -0.15) is 0 Å². The fraction of sp³-hybridized carbons (Fsp3) is 0.200. The van der Waals surface area contributed by atoms with Crippen molar-refractivity contribution in [2.75, 3.05) is 20.2 Å². The van der Waals surface area contributed by atoms with E-state index in [9.17, 15) is 9.18 Å². The van der Waals surface area contributed by atoms with Crippen molar-refractivity contribution in [3.63, 3.8) is 0 Å². The topological polar surface area (TPSA) is 42.4 Å². The maximum atomic E-state index is 13.6. The van der Waals surface area contributed by atoms with Gasteiger partial charge in [-0.15, -0.1) is 23.1 Å². The smallest absolute Gasteiger partial charge is 0.254 e. The van der Waals surface area contributed by atoms with Crippen molar-refractivity contribution in [2.24, 2.45) is 0 Å². The molecule has 3 aromatic rings. The fourth-order valence-corrected chi connectivity index (χ4v) is 4.00. The summed E-state index contributed by atoms with van der Waals surface area (Å²) in [4.78, 5) is 19.6. The Labute approximate surface area is 166 Å². The molecule has 27 heavy (non-hydrogen) atoms. The largest absolute Gasteiger partial charge is 0.489 e. The summed E-state index contributed by atoms with van der Waals surface area (Å²) in [5.41, 5.74) is 3.45. The number of thioether (sulfide) groups is 1. The number of hydrogen-bond donors (Lipinski definition) is 0. The monoisotopic (exact) mass is 402 g/mol. The average Bonchev–Trinajstić information content (AvgIpc) is 3.21. The number of rotatable bonds is 8. The molecule has 3 rings (SSSR count). The highest BCUT2D eigenvalue weighted by atomic mass is 32.2. The van der Waals surface area contributed by atoms with Crippen LogP contribution in [0.3, 0.4) is 0 Å².